The van der Waals surface area contributed by atoms with Crippen LogP contribution in [0.1, 0.15) is 15.2 Å². The van der Waals surface area contributed by atoms with Crippen LogP contribution in [0.25, 0.3) is 0 Å². The fourth-order valence-corrected chi connectivity index (χ4v) is 4.18. The zero-order valence-electron chi connectivity index (χ0n) is 15.5. The van der Waals surface area contributed by atoms with E-state index in [1.807, 2.05) is 41.8 Å². The van der Waals surface area contributed by atoms with E-state index >= 15 is 0 Å². The molecule has 1 aliphatic rings. The second-order valence-electron chi connectivity index (χ2n) is 6.73. The number of nitrogens with one attached hydrogen (secondary N) is 1. The highest BCUT2D eigenvalue weighted by Crippen LogP contribution is 2.19. The van der Waals surface area contributed by atoms with Crippen LogP contribution in [0.3, 0.4) is 0 Å². The maximum absolute atomic E-state index is 12.9. The normalized spacial score (nSPS) is 14.2. The van der Waals surface area contributed by atoms with Crippen molar-refractivity contribution in [3.63, 3.8) is 0 Å². The van der Waals surface area contributed by atoms with Gasteiger partial charge in [0.15, 0.2) is 0 Å². The van der Waals surface area contributed by atoms with Crippen LogP contribution in [0, 0.1) is 0 Å². The van der Waals surface area contributed by atoms with Gasteiger partial charge in [-0.25, -0.2) is 4.79 Å². The van der Waals surface area contributed by atoms with Crippen LogP contribution in [-0.2, 0) is 6.54 Å². The van der Waals surface area contributed by atoms with Crippen LogP contribution in [0.4, 0.5) is 5.69 Å². The number of piperazine rings is 1. The van der Waals surface area contributed by atoms with Gasteiger partial charge in [0.25, 0.3) is 11.5 Å². The standard InChI is InChI=1S/C20H19ClN4O3S/c21-14-3-5-15(6-4-14)23-7-9-24(10-8-23)18(26)17-12-22-20(28)25(19(17)27)13-16-2-1-11-29-16/h1-6,11-12H,7-10,13H2,(H,22,28). The molecule has 3 heterocycles. The molecule has 7 nitrogen and oxygen atoms in total. The van der Waals surface area contributed by atoms with E-state index in [1.165, 1.54) is 17.5 Å². The van der Waals surface area contributed by atoms with Gasteiger partial charge >= 0.3 is 5.69 Å². The number of anilines is 1. The summed E-state index contributed by atoms with van der Waals surface area (Å²) in [7, 11) is 0. The number of thiophene rings is 1. The first-order chi connectivity index (χ1) is 14.0. The largest absolute Gasteiger partial charge is 0.368 e. The maximum atomic E-state index is 12.9. The maximum Gasteiger partial charge on any atom is 0.328 e. The van der Waals surface area contributed by atoms with Gasteiger partial charge in [-0.05, 0) is 35.7 Å². The lowest BCUT2D eigenvalue weighted by atomic mass is 10.2. The molecule has 0 atom stereocenters. The zero-order valence-corrected chi connectivity index (χ0v) is 17.1. The first-order valence-electron chi connectivity index (χ1n) is 9.17. The molecule has 9 heteroatoms. The molecule has 1 amide bonds. The number of aromatic nitrogens is 2. The molecule has 150 valence electrons. The number of hydrogen-bond donors (Lipinski definition) is 1. The number of amides is 1. The van der Waals surface area contributed by atoms with Crippen molar-refractivity contribution in [3.05, 3.63) is 84.3 Å². The second-order valence-corrected chi connectivity index (χ2v) is 8.20. The molecule has 3 aromatic rings. The third kappa shape index (κ3) is 4.13. The van der Waals surface area contributed by atoms with Crippen molar-refractivity contribution in [2.75, 3.05) is 31.1 Å². The Morgan fingerprint density at radius 3 is 2.45 bits per heavy atom. The van der Waals surface area contributed by atoms with Gasteiger partial charge in [0, 0.05) is 48.0 Å². The Bertz CT molecular complexity index is 1110. The summed E-state index contributed by atoms with van der Waals surface area (Å²) >= 11 is 7.39. The first-order valence-corrected chi connectivity index (χ1v) is 10.4. The number of nitrogens with zero attached hydrogens (tertiary/aromatic N) is 3. The Kier molecular flexibility index (Phi) is 5.55. The lowest BCUT2D eigenvalue weighted by molar-refractivity contribution is 0.0743. The molecule has 0 saturated carbocycles. The van der Waals surface area contributed by atoms with Crippen molar-refractivity contribution in [1.29, 1.82) is 0 Å². The molecule has 4 rings (SSSR count). The Balaban J connectivity index is 1.49. The van der Waals surface area contributed by atoms with E-state index in [2.05, 4.69) is 9.88 Å². The Labute approximate surface area is 175 Å². The van der Waals surface area contributed by atoms with Crippen LogP contribution >= 0.6 is 22.9 Å². The van der Waals surface area contributed by atoms with Crippen molar-refractivity contribution < 1.29 is 4.79 Å². The van der Waals surface area contributed by atoms with Crippen LogP contribution in [-0.4, -0.2) is 46.5 Å². The molecule has 29 heavy (non-hydrogen) atoms. The van der Waals surface area contributed by atoms with E-state index in [1.54, 1.807) is 4.90 Å². The van der Waals surface area contributed by atoms with Gasteiger partial charge in [0.2, 0.25) is 0 Å². The van der Waals surface area contributed by atoms with Crippen molar-refractivity contribution >= 4 is 34.5 Å². The molecule has 0 spiro atoms. The van der Waals surface area contributed by atoms with Gasteiger partial charge in [-0.15, -0.1) is 11.3 Å². The molecular formula is C20H19ClN4O3S. The topological polar surface area (TPSA) is 78.4 Å². The number of hydrogen-bond acceptors (Lipinski definition) is 5. The molecule has 0 bridgehead atoms. The van der Waals surface area contributed by atoms with E-state index in [4.69, 9.17) is 11.6 Å². The average molecular weight is 431 g/mol. The van der Waals surface area contributed by atoms with Crippen molar-refractivity contribution in [1.82, 2.24) is 14.5 Å². The minimum Gasteiger partial charge on any atom is -0.368 e. The molecule has 0 aliphatic carbocycles. The van der Waals surface area contributed by atoms with Crippen LogP contribution < -0.4 is 16.1 Å². The molecule has 1 fully saturated rings. The fourth-order valence-electron chi connectivity index (χ4n) is 3.36. The minimum atomic E-state index is -0.563. The number of benzene rings is 1. The molecule has 1 saturated heterocycles. The summed E-state index contributed by atoms with van der Waals surface area (Å²) in [6.07, 6.45) is 1.23. The van der Waals surface area contributed by atoms with Crippen LogP contribution in [0.2, 0.25) is 5.02 Å². The highest BCUT2D eigenvalue weighted by atomic mass is 35.5. The van der Waals surface area contributed by atoms with E-state index in [0.29, 0.717) is 31.2 Å². The van der Waals surface area contributed by atoms with Crippen LogP contribution in [0.15, 0.2) is 57.6 Å². The number of rotatable bonds is 4. The Morgan fingerprint density at radius 1 is 1.07 bits per heavy atom. The predicted octanol–water partition coefficient (Wildman–Crippen LogP) is 2.26. The average Bonchev–Trinajstić information content (AvgIpc) is 3.25. The molecule has 0 unspecified atom stereocenters. The number of carbonyl (C=O) groups excluding carboxylic acids is 1. The van der Waals surface area contributed by atoms with E-state index in [9.17, 15) is 14.4 Å². The molecule has 1 N–H and O–H groups in total. The number of carbonyl (C=O) groups is 1. The highest BCUT2D eigenvalue weighted by molar-refractivity contribution is 7.09. The summed E-state index contributed by atoms with van der Waals surface area (Å²) in [6.45, 7) is 2.44. The summed E-state index contributed by atoms with van der Waals surface area (Å²) in [5.74, 6) is -0.359. The van der Waals surface area contributed by atoms with Gasteiger partial charge in [-0.2, -0.15) is 0 Å². The third-order valence-corrected chi connectivity index (χ3v) is 6.06. The number of aromatic amines is 1. The third-order valence-electron chi connectivity index (χ3n) is 4.94. The van der Waals surface area contributed by atoms with E-state index in [0.717, 1.165) is 15.1 Å². The monoisotopic (exact) mass is 430 g/mol. The van der Waals surface area contributed by atoms with Crippen molar-refractivity contribution in [3.8, 4) is 0 Å². The second kappa shape index (κ2) is 8.26. The van der Waals surface area contributed by atoms with Gasteiger partial charge in [-0.3, -0.25) is 14.2 Å². The van der Waals surface area contributed by atoms with Gasteiger partial charge < -0.3 is 14.8 Å². The fraction of sp³-hybridized carbons (Fsp3) is 0.250. The molecular weight excluding hydrogens is 412 g/mol. The molecule has 1 aromatic carbocycles. The lowest BCUT2D eigenvalue weighted by Gasteiger charge is -2.36. The van der Waals surface area contributed by atoms with E-state index in [-0.39, 0.29) is 18.0 Å². The quantitative estimate of drug-likeness (QED) is 0.688. The SMILES string of the molecule is O=C(c1c[nH]c(=O)n(Cc2cccs2)c1=O)N1CCN(c2ccc(Cl)cc2)CC1. The lowest BCUT2D eigenvalue weighted by Crippen LogP contribution is -2.50. The smallest absolute Gasteiger partial charge is 0.328 e. The predicted molar refractivity (Wildman–Crippen MR) is 114 cm³/mol. The van der Waals surface area contributed by atoms with Crippen LogP contribution in [0.5, 0.6) is 0 Å². The van der Waals surface area contributed by atoms with Gasteiger partial charge in [-0.1, -0.05) is 17.7 Å². The molecule has 1 aliphatic heterocycles. The first kappa shape index (κ1) is 19.5. The molecule has 0 radical (unpaired) electrons. The number of halogens is 1. The van der Waals surface area contributed by atoms with Gasteiger partial charge in [0.05, 0.1) is 6.54 Å². The molecule has 2 aromatic heterocycles. The summed E-state index contributed by atoms with van der Waals surface area (Å²) in [6, 6.07) is 11.3. The zero-order chi connectivity index (χ0) is 20.4. The summed E-state index contributed by atoms with van der Waals surface area (Å²) in [5, 5.41) is 2.56. The van der Waals surface area contributed by atoms with Gasteiger partial charge in [0.1, 0.15) is 5.56 Å². The number of H-pyrrole nitrogens is 1. The summed E-state index contributed by atoms with van der Waals surface area (Å²) in [4.78, 5) is 45.1. The minimum absolute atomic E-state index is 0.0129. The van der Waals surface area contributed by atoms with E-state index < -0.39 is 11.2 Å². The Morgan fingerprint density at radius 2 is 1.79 bits per heavy atom. The highest BCUT2D eigenvalue weighted by Gasteiger charge is 2.25. The summed E-state index contributed by atoms with van der Waals surface area (Å²) < 4.78 is 1.07. The van der Waals surface area contributed by atoms with Crippen molar-refractivity contribution in [2.24, 2.45) is 0 Å². The Hall–Kier alpha value is -2.84. The van der Waals surface area contributed by atoms with Crippen molar-refractivity contribution in [2.45, 2.75) is 6.54 Å². The summed E-state index contributed by atoms with van der Waals surface area (Å²) in [5.41, 5.74) is -0.0512.